The van der Waals surface area contributed by atoms with E-state index in [9.17, 15) is 26.5 Å². The van der Waals surface area contributed by atoms with Crippen LogP contribution in [0.5, 0.6) is 0 Å². The third-order valence-corrected chi connectivity index (χ3v) is 2.20. The third-order valence-electron chi connectivity index (χ3n) is 2.20. The lowest BCUT2D eigenvalue weighted by Crippen LogP contribution is -2.52. The Kier molecular flexibility index (Phi) is 3.47. The summed E-state index contributed by atoms with van der Waals surface area (Å²) in [5, 5.41) is -2.14. The highest BCUT2D eigenvalue weighted by Crippen LogP contribution is 2.44. The summed E-state index contributed by atoms with van der Waals surface area (Å²) < 4.78 is 75.0. The van der Waals surface area contributed by atoms with Gasteiger partial charge in [-0.25, -0.2) is 4.39 Å². The quantitative estimate of drug-likeness (QED) is 0.580. The average Bonchev–Trinajstić information content (AvgIpc) is 2.18. The van der Waals surface area contributed by atoms with Gasteiger partial charge in [-0.3, -0.25) is 0 Å². The van der Waals surface area contributed by atoms with Crippen LogP contribution in [0.25, 0.3) is 0 Å². The summed E-state index contributed by atoms with van der Waals surface area (Å²) in [6.45, 7) is -2.26. The van der Waals surface area contributed by atoms with Gasteiger partial charge in [0, 0.05) is 5.34 Å². The molecule has 7 heteroatoms. The monoisotopic (exact) mass is 243 g/mol. The molecule has 1 unspecified atom stereocenters. The van der Waals surface area contributed by atoms with Gasteiger partial charge in [-0.1, -0.05) is 30.3 Å². The lowest BCUT2D eigenvalue weighted by Gasteiger charge is -2.32. The summed E-state index contributed by atoms with van der Waals surface area (Å²) in [4.78, 5) is 0. The van der Waals surface area contributed by atoms with E-state index < -0.39 is 29.3 Å². The molecule has 0 N–H and O–H groups in total. The summed E-state index contributed by atoms with van der Waals surface area (Å²) in [7, 11) is 0. The highest BCUT2D eigenvalue weighted by atomic mass is 19.4. The van der Waals surface area contributed by atoms with Crippen molar-refractivity contribution < 1.29 is 26.5 Å². The maximum atomic E-state index is 12.6. The fourth-order valence-corrected chi connectivity index (χ4v) is 1.27. The minimum Gasteiger partial charge on any atom is -0.248 e. The Labute approximate surface area is 87.1 Å². The molecule has 0 radical (unpaired) electrons. The van der Waals surface area contributed by atoms with Crippen molar-refractivity contribution in [3.05, 3.63) is 35.9 Å². The minimum atomic E-state index is -5.41. The van der Waals surface area contributed by atoms with Crippen molar-refractivity contribution in [2.75, 3.05) is 6.67 Å². The fourth-order valence-electron chi connectivity index (χ4n) is 1.27. The van der Waals surface area contributed by atoms with Crippen LogP contribution < -0.4 is 0 Å². The Bertz CT molecular complexity index is 336. The summed E-state index contributed by atoms with van der Waals surface area (Å²) in [6.07, 6.45) is -5.41. The van der Waals surface area contributed by atoms with Gasteiger partial charge >= 0.3 is 6.18 Å². The van der Waals surface area contributed by atoms with Gasteiger partial charge in [-0.2, -0.15) is 13.2 Å². The average molecular weight is 243 g/mol. The van der Waals surface area contributed by atoms with E-state index in [0.717, 1.165) is 24.3 Å². The first kappa shape index (κ1) is 12.8. The molecule has 1 atom stereocenters. The number of alkyl halides is 4. The smallest absolute Gasteiger partial charge is 0.248 e. The SMILES string of the molecule is FCC(c1ccccc1)(N(F)F)C(F)(F)F. The van der Waals surface area contributed by atoms with Gasteiger partial charge in [0.15, 0.2) is 0 Å². The largest absolute Gasteiger partial charge is 0.418 e. The van der Waals surface area contributed by atoms with Crippen molar-refractivity contribution >= 4 is 0 Å². The van der Waals surface area contributed by atoms with Gasteiger partial charge in [0.1, 0.15) is 6.67 Å². The van der Waals surface area contributed by atoms with E-state index in [-0.39, 0.29) is 0 Å². The summed E-state index contributed by atoms with van der Waals surface area (Å²) in [5.41, 5.74) is -4.73. The summed E-state index contributed by atoms with van der Waals surface area (Å²) >= 11 is 0. The van der Waals surface area contributed by atoms with E-state index in [0.29, 0.717) is 0 Å². The molecule has 0 saturated heterocycles. The van der Waals surface area contributed by atoms with Gasteiger partial charge in [0.25, 0.3) is 0 Å². The highest BCUT2D eigenvalue weighted by Gasteiger charge is 2.62. The van der Waals surface area contributed by atoms with E-state index in [4.69, 9.17) is 0 Å². The second-order valence-electron chi connectivity index (χ2n) is 3.09. The lowest BCUT2D eigenvalue weighted by molar-refractivity contribution is -0.344. The van der Waals surface area contributed by atoms with Crippen molar-refractivity contribution in [2.45, 2.75) is 11.7 Å². The second-order valence-corrected chi connectivity index (χ2v) is 3.09. The molecule has 0 aliphatic rings. The van der Waals surface area contributed by atoms with Gasteiger partial charge < -0.3 is 0 Å². The van der Waals surface area contributed by atoms with Crippen molar-refractivity contribution in [2.24, 2.45) is 0 Å². The van der Waals surface area contributed by atoms with Gasteiger partial charge in [-0.05, 0) is 5.56 Å². The van der Waals surface area contributed by atoms with E-state index in [2.05, 4.69) is 0 Å². The molecular weight excluding hydrogens is 236 g/mol. The van der Waals surface area contributed by atoms with Crippen LogP contribution in [0.3, 0.4) is 0 Å². The predicted octanol–water partition coefficient (Wildman–Crippen LogP) is 3.48. The van der Waals surface area contributed by atoms with E-state index in [1.54, 1.807) is 0 Å². The van der Waals surface area contributed by atoms with Crippen LogP contribution in [0.1, 0.15) is 5.56 Å². The highest BCUT2D eigenvalue weighted by molar-refractivity contribution is 5.26. The summed E-state index contributed by atoms with van der Waals surface area (Å²) in [5.74, 6) is 0. The number of halogens is 6. The normalized spacial score (nSPS) is 16.2. The van der Waals surface area contributed by atoms with Crippen molar-refractivity contribution in [1.82, 2.24) is 5.34 Å². The number of hydrogen-bond donors (Lipinski definition) is 0. The molecule has 0 aliphatic carbocycles. The van der Waals surface area contributed by atoms with Crippen LogP contribution in [0.4, 0.5) is 26.5 Å². The van der Waals surface area contributed by atoms with Crippen molar-refractivity contribution in [1.29, 1.82) is 0 Å². The second kappa shape index (κ2) is 4.32. The van der Waals surface area contributed by atoms with Crippen LogP contribution in [0.15, 0.2) is 30.3 Å². The number of nitrogens with zero attached hydrogens (tertiary/aromatic N) is 1. The van der Waals surface area contributed by atoms with E-state index in [1.165, 1.54) is 6.07 Å². The molecule has 1 aromatic carbocycles. The molecule has 0 saturated carbocycles. The summed E-state index contributed by atoms with van der Waals surface area (Å²) in [6, 6.07) is 5.23. The number of hydrogen-bond acceptors (Lipinski definition) is 1. The molecule has 1 rings (SSSR count). The van der Waals surface area contributed by atoms with Crippen LogP contribution in [-0.2, 0) is 5.54 Å². The van der Waals surface area contributed by atoms with Gasteiger partial charge in [-0.15, -0.1) is 8.96 Å². The minimum absolute atomic E-state index is 0.805. The maximum Gasteiger partial charge on any atom is 0.418 e. The Morgan fingerprint density at radius 1 is 1.00 bits per heavy atom. The Morgan fingerprint density at radius 3 is 1.81 bits per heavy atom. The molecule has 0 aliphatic heterocycles. The molecular formula is C9H7F6N. The first-order valence-electron chi connectivity index (χ1n) is 4.16. The zero-order valence-corrected chi connectivity index (χ0v) is 7.81. The standard InChI is InChI=1S/C9H7F6N/c10-6-8(16(14)15,9(11,12)13)7-4-2-1-3-5-7/h1-5H,6H2. The van der Waals surface area contributed by atoms with Crippen LogP contribution >= 0.6 is 0 Å². The molecule has 0 spiro atoms. The van der Waals surface area contributed by atoms with Gasteiger partial charge in [0.2, 0.25) is 5.54 Å². The van der Waals surface area contributed by atoms with Crippen molar-refractivity contribution in [3.63, 3.8) is 0 Å². The van der Waals surface area contributed by atoms with Crippen LogP contribution in [-0.4, -0.2) is 18.2 Å². The molecule has 90 valence electrons. The first-order valence-corrected chi connectivity index (χ1v) is 4.16. The Balaban J connectivity index is 3.36. The molecule has 0 amide bonds. The number of benzene rings is 1. The molecule has 0 fully saturated rings. The molecule has 16 heavy (non-hydrogen) atoms. The topological polar surface area (TPSA) is 3.24 Å². The van der Waals surface area contributed by atoms with E-state index >= 15 is 0 Å². The molecule has 1 nitrogen and oxygen atoms in total. The van der Waals surface area contributed by atoms with Crippen LogP contribution in [0.2, 0.25) is 0 Å². The lowest BCUT2D eigenvalue weighted by atomic mass is 9.91. The molecule has 0 bridgehead atoms. The number of rotatable bonds is 3. The Hall–Kier alpha value is -1.24. The Morgan fingerprint density at radius 2 is 1.50 bits per heavy atom. The molecule has 0 aromatic heterocycles. The molecule has 0 heterocycles. The van der Waals surface area contributed by atoms with Gasteiger partial charge in [0.05, 0.1) is 0 Å². The molecule has 1 aromatic rings. The maximum absolute atomic E-state index is 12.6. The predicted molar refractivity (Wildman–Crippen MR) is 44.2 cm³/mol. The third kappa shape index (κ3) is 1.87. The zero-order valence-electron chi connectivity index (χ0n) is 7.81. The first-order chi connectivity index (χ1) is 7.36. The zero-order chi connectivity index (χ0) is 12.4. The van der Waals surface area contributed by atoms with E-state index in [1.807, 2.05) is 0 Å². The van der Waals surface area contributed by atoms with Crippen molar-refractivity contribution in [3.8, 4) is 0 Å². The van der Waals surface area contributed by atoms with Crippen LogP contribution in [0, 0.1) is 0 Å². The fraction of sp³-hybridized carbons (Fsp3) is 0.333.